The van der Waals surface area contributed by atoms with E-state index in [-0.39, 0.29) is 16.5 Å². The van der Waals surface area contributed by atoms with Crippen molar-refractivity contribution < 1.29 is 9.31 Å². The van der Waals surface area contributed by atoms with E-state index in [0.29, 0.717) is 11.1 Å². The van der Waals surface area contributed by atoms with Crippen molar-refractivity contribution in [2.75, 3.05) is 0 Å². The predicted molar refractivity (Wildman–Crippen MR) is 66.0 cm³/mol. The number of hydrogen-bond donors (Lipinski definition) is 0. The summed E-state index contributed by atoms with van der Waals surface area (Å²) in [6, 6.07) is 6.61. The van der Waals surface area contributed by atoms with Gasteiger partial charge in [0.05, 0.1) is 4.92 Å². The second-order valence-corrected chi connectivity index (χ2v) is 4.11. The Labute approximate surface area is 107 Å². The van der Waals surface area contributed by atoms with Crippen LogP contribution in [0.2, 0.25) is 5.15 Å². The summed E-state index contributed by atoms with van der Waals surface area (Å²) in [5.41, 5.74) is 1.04. The summed E-state index contributed by atoms with van der Waals surface area (Å²) in [4.78, 5) is 14.3. The van der Waals surface area contributed by atoms with Crippen LogP contribution in [0.25, 0.3) is 11.3 Å². The molecule has 0 saturated heterocycles. The van der Waals surface area contributed by atoms with Crippen molar-refractivity contribution in [2.45, 2.75) is 6.92 Å². The Morgan fingerprint density at radius 3 is 2.67 bits per heavy atom. The first kappa shape index (κ1) is 12.4. The largest absolute Gasteiger partial charge is 0.295 e. The summed E-state index contributed by atoms with van der Waals surface area (Å²) < 4.78 is 13.0. The Hall–Kier alpha value is -2.01. The van der Waals surface area contributed by atoms with Gasteiger partial charge in [-0.3, -0.25) is 10.1 Å². The first-order valence-corrected chi connectivity index (χ1v) is 5.44. The minimum absolute atomic E-state index is 0.144. The summed E-state index contributed by atoms with van der Waals surface area (Å²) in [5.74, 6) is -0.402. The zero-order chi connectivity index (χ0) is 13.3. The monoisotopic (exact) mass is 266 g/mol. The van der Waals surface area contributed by atoms with E-state index in [1.165, 1.54) is 30.3 Å². The third-order valence-electron chi connectivity index (χ3n) is 2.48. The summed E-state index contributed by atoms with van der Waals surface area (Å²) in [6.07, 6.45) is 0. The van der Waals surface area contributed by atoms with Crippen LogP contribution >= 0.6 is 11.6 Å². The second kappa shape index (κ2) is 4.70. The van der Waals surface area contributed by atoms with Gasteiger partial charge in [-0.05, 0) is 36.8 Å². The number of nitrogens with zero attached hydrogens (tertiary/aromatic N) is 2. The quantitative estimate of drug-likeness (QED) is 0.472. The highest BCUT2D eigenvalue weighted by molar-refractivity contribution is 6.29. The molecule has 0 saturated carbocycles. The first-order valence-electron chi connectivity index (χ1n) is 5.06. The predicted octanol–water partition coefficient (Wildman–Crippen LogP) is 3.76. The fourth-order valence-electron chi connectivity index (χ4n) is 1.67. The Balaban J connectivity index is 2.69. The van der Waals surface area contributed by atoms with Gasteiger partial charge in [0.1, 0.15) is 16.7 Å². The van der Waals surface area contributed by atoms with Crippen LogP contribution in [0.3, 0.4) is 0 Å². The second-order valence-electron chi connectivity index (χ2n) is 3.72. The van der Waals surface area contributed by atoms with E-state index in [0.717, 1.165) is 0 Å². The topological polar surface area (TPSA) is 56.0 Å². The van der Waals surface area contributed by atoms with Crippen molar-refractivity contribution in [1.29, 1.82) is 0 Å². The van der Waals surface area contributed by atoms with E-state index in [2.05, 4.69) is 4.98 Å². The highest BCUT2D eigenvalue weighted by Crippen LogP contribution is 2.31. The maximum atomic E-state index is 13.0. The number of halogens is 2. The molecule has 2 aromatic rings. The first-order chi connectivity index (χ1) is 8.49. The van der Waals surface area contributed by atoms with Gasteiger partial charge in [-0.15, -0.1) is 0 Å². The fraction of sp³-hybridized carbons (Fsp3) is 0.0833. The molecule has 0 atom stereocenters. The van der Waals surface area contributed by atoms with Crippen LogP contribution in [-0.2, 0) is 0 Å². The van der Waals surface area contributed by atoms with Gasteiger partial charge in [0.15, 0.2) is 0 Å². The maximum Gasteiger partial charge on any atom is 0.295 e. The molecule has 4 nitrogen and oxygen atoms in total. The minimum atomic E-state index is -0.540. The van der Waals surface area contributed by atoms with E-state index >= 15 is 0 Å². The molecular weight excluding hydrogens is 259 g/mol. The van der Waals surface area contributed by atoms with Crippen molar-refractivity contribution in [2.24, 2.45) is 0 Å². The molecule has 92 valence electrons. The number of aromatic nitrogens is 1. The molecule has 1 heterocycles. The van der Waals surface area contributed by atoms with Crippen LogP contribution in [0.15, 0.2) is 30.3 Å². The Morgan fingerprint density at radius 1 is 1.33 bits per heavy atom. The van der Waals surface area contributed by atoms with Gasteiger partial charge < -0.3 is 0 Å². The summed E-state index contributed by atoms with van der Waals surface area (Å²) in [6.45, 7) is 1.66. The lowest BCUT2D eigenvalue weighted by atomic mass is 10.0. The molecule has 1 aromatic carbocycles. The van der Waals surface area contributed by atoms with Crippen LogP contribution in [0.1, 0.15) is 5.56 Å². The molecule has 6 heteroatoms. The molecule has 0 fully saturated rings. The highest BCUT2D eigenvalue weighted by Gasteiger charge is 2.19. The molecule has 0 N–H and O–H groups in total. The van der Waals surface area contributed by atoms with Crippen LogP contribution in [0, 0.1) is 22.9 Å². The van der Waals surface area contributed by atoms with Crippen molar-refractivity contribution in [3.05, 3.63) is 57.0 Å². The van der Waals surface area contributed by atoms with Gasteiger partial charge in [-0.25, -0.2) is 9.37 Å². The Morgan fingerprint density at radius 2 is 2.06 bits per heavy atom. The average Bonchev–Trinajstić information content (AvgIpc) is 2.28. The van der Waals surface area contributed by atoms with Gasteiger partial charge in [-0.1, -0.05) is 11.6 Å². The lowest BCUT2D eigenvalue weighted by Crippen LogP contribution is -1.96. The van der Waals surface area contributed by atoms with Crippen molar-refractivity contribution in [3.8, 4) is 11.3 Å². The van der Waals surface area contributed by atoms with E-state index in [1.807, 2.05) is 0 Å². The number of nitro groups is 1. The molecule has 2 rings (SSSR count). The molecule has 0 aliphatic carbocycles. The maximum absolute atomic E-state index is 13.0. The SMILES string of the molecule is Cc1cc(F)ccc1-c1nc(Cl)ccc1[N+](=O)[O-]. The van der Waals surface area contributed by atoms with Crippen LogP contribution in [-0.4, -0.2) is 9.91 Å². The van der Waals surface area contributed by atoms with Crippen LogP contribution in [0.4, 0.5) is 10.1 Å². The number of aryl methyl sites for hydroxylation is 1. The smallest absolute Gasteiger partial charge is 0.258 e. The minimum Gasteiger partial charge on any atom is -0.258 e. The molecule has 1 aromatic heterocycles. The van der Waals surface area contributed by atoms with E-state index < -0.39 is 10.7 Å². The van der Waals surface area contributed by atoms with Gasteiger partial charge in [0.2, 0.25) is 0 Å². The molecule has 0 aliphatic rings. The van der Waals surface area contributed by atoms with E-state index in [9.17, 15) is 14.5 Å². The molecule has 0 unspecified atom stereocenters. The lowest BCUT2D eigenvalue weighted by Gasteiger charge is -2.06. The van der Waals surface area contributed by atoms with Crippen molar-refractivity contribution >= 4 is 17.3 Å². The summed E-state index contributed by atoms with van der Waals surface area (Å²) in [7, 11) is 0. The van der Waals surface area contributed by atoms with Gasteiger partial charge >= 0.3 is 0 Å². The van der Waals surface area contributed by atoms with Crippen LogP contribution < -0.4 is 0 Å². The molecule has 0 aliphatic heterocycles. The van der Waals surface area contributed by atoms with E-state index in [1.54, 1.807) is 6.92 Å². The Bertz CT molecular complexity index is 631. The van der Waals surface area contributed by atoms with Gasteiger partial charge in [-0.2, -0.15) is 0 Å². The molecule has 18 heavy (non-hydrogen) atoms. The van der Waals surface area contributed by atoms with Gasteiger partial charge in [0.25, 0.3) is 5.69 Å². The summed E-state index contributed by atoms with van der Waals surface area (Å²) >= 11 is 5.75. The molecule has 0 bridgehead atoms. The summed E-state index contributed by atoms with van der Waals surface area (Å²) in [5, 5.41) is 11.1. The number of hydrogen-bond acceptors (Lipinski definition) is 3. The van der Waals surface area contributed by atoms with E-state index in [4.69, 9.17) is 11.6 Å². The molecule has 0 amide bonds. The zero-order valence-corrected chi connectivity index (χ0v) is 10.1. The zero-order valence-electron chi connectivity index (χ0n) is 9.35. The normalized spacial score (nSPS) is 10.4. The number of benzene rings is 1. The third kappa shape index (κ3) is 2.31. The standard InChI is InChI=1S/C12H8ClFN2O2/c1-7-6-8(14)2-3-9(7)12-10(16(17)18)4-5-11(13)15-12/h2-6H,1H3. The Kier molecular flexibility index (Phi) is 3.25. The van der Waals surface area contributed by atoms with Crippen LogP contribution in [0.5, 0.6) is 0 Å². The molecular formula is C12H8ClFN2O2. The average molecular weight is 267 g/mol. The lowest BCUT2D eigenvalue weighted by molar-refractivity contribution is -0.384. The van der Waals surface area contributed by atoms with Crippen molar-refractivity contribution in [3.63, 3.8) is 0 Å². The third-order valence-corrected chi connectivity index (χ3v) is 2.69. The van der Waals surface area contributed by atoms with Crippen molar-refractivity contribution in [1.82, 2.24) is 4.98 Å². The number of pyridine rings is 1. The van der Waals surface area contributed by atoms with Gasteiger partial charge in [0, 0.05) is 11.6 Å². The molecule has 0 radical (unpaired) electrons. The number of rotatable bonds is 2. The highest BCUT2D eigenvalue weighted by atomic mass is 35.5. The fourth-order valence-corrected chi connectivity index (χ4v) is 1.81. The molecule has 0 spiro atoms.